The molecule has 1 saturated heterocycles. The van der Waals surface area contributed by atoms with E-state index in [-0.39, 0.29) is 5.97 Å². The van der Waals surface area contributed by atoms with Crippen molar-refractivity contribution >= 4 is 5.97 Å². The van der Waals surface area contributed by atoms with Gasteiger partial charge in [0.25, 0.3) is 0 Å². The maximum atomic E-state index is 12.0. The number of piperidine rings is 1. The highest BCUT2D eigenvalue weighted by atomic mass is 16.5. The number of carbonyl (C=O) groups excluding carboxylic acids is 1. The molecular formula is C14H28N2O2. The zero-order valence-corrected chi connectivity index (χ0v) is 12.5. The van der Waals surface area contributed by atoms with Crippen molar-refractivity contribution in [2.75, 3.05) is 26.7 Å². The second-order valence-electron chi connectivity index (χ2n) is 5.82. The smallest absolute Gasteiger partial charge is 0.327 e. The molecule has 0 radical (unpaired) electrons. The second kappa shape index (κ2) is 6.53. The van der Waals surface area contributed by atoms with Gasteiger partial charge in [0.1, 0.15) is 5.54 Å². The summed E-state index contributed by atoms with van der Waals surface area (Å²) in [7, 11) is 1.46. The van der Waals surface area contributed by atoms with E-state index in [4.69, 9.17) is 4.74 Å². The van der Waals surface area contributed by atoms with Gasteiger partial charge >= 0.3 is 5.97 Å². The molecule has 4 nitrogen and oxygen atoms in total. The standard InChI is InChI=1S/C14H28N2O2/c1-6-15-14(4,13(17)18-5)10-16-9-11(2)7-8-12(16)3/h11-12,15H,6-10H2,1-5H3. The lowest BCUT2D eigenvalue weighted by molar-refractivity contribution is -0.149. The fraction of sp³-hybridized carbons (Fsp3) is 0.929. The summed E-state index contributed by atoms with van der Waals surface area (Å²) in [5.41, 5.74) is -0.602. The van der Waals surface area contributed by atoms with Gasteiger partial charge in [-0.1, -0.05) is 13.8 Å². The number of ether oxygens (including phenoxy) is 1. The summed E-state index contributed by atoms with van der Waals surface area (Å²) in [4.78, 5) is 14.4. The van der Waals surface area contributed by atoms with E-state index in [0.29, 0.717) is 12.0 Å². The number of hydrogen-bond acceptors (Lipinski definition) is 4. The van der Waals surface area contributed by atoms with Crippen LogP contribution in [0, 0.1) is 5.92 Å². The number of hydrogen-bond donors (Lipinski definition) is 1. The van der Waals surface area contributed by atoms with Crippen molar-refractivity contribution < 1.29 is 9.53 Å². The third-order valence-electron chi connectivity index (χ3n) is 3.97. The lowest BCUT2D eigenvalue weighted by atomic mass is 9.92. The molecule has 1 heterocycles. The lowest BCUT2D eigenvalue weighted by Gasteiger charge is -2.41. The molecule has 0 bridgehead atoms. The van der Waals surface area contributed by atoms with E-state index in [1.807, 2.05) is 13.8 Å². The average Bonchev–Trinajstić information content (AvgIpc) is 2.33. The number of likely N-dealkylation sites (N-methyl/N-ethyl adjacent to an activating group) is 1. The summed E-state index contributed by atoms with van der Waals surface area (Å²) in [6.07, 6.45) is 2.50. The van der Waals surface area contributed by atoms with E-state index >= 15 is 0 Å². The minimum absolute atomic E-state index is 0.172. The molecule has 4 heteroatoms. The van der Waals surface area contributed by atoms with Crippen LogP contribution in [0.25, 0.3) is 0 Å². The van der Waals surface area contributed by atoms with Crippen LogP contribution in [0.3, 0.4) is 0 Å². The highest BCUT2D eigenvalue weighted by Crippen LogP contribution is 2.23. The highest BCUT2D eigenvalue weighted by molar-refractivity contribution is 5.80. The number of nitrogens with one attached hydrogen (secondary N) is 1. The summed E-state index contributed by atoms with van der Waals surface area (Å²) in [5.74, 6) is 0.541. The van der Waals surface area contributed by atoms with Crippen molar-refractivity contribution in [3.05, 3.63) is 0 Å². The Morgan fingerprint density at radius 3 is 2.67 bits per heavy atom. The third-order valence-corrected chi connectivity index (χ3v) is 3.97. The van der Waals surface area contributed by atoms with Crippen molar-refractivity contribution in [3.63, 3.8) is 0 Å². The lowest BCUT2D eigenvalue weighted by Crippen LogP contribution is -2.59. The molecule has 1 N–H and O–H groups in total. The minimum atomic E-state index is -0.602. The Balaban J connectivity index is 2.72. The van der Waals surface area contributed by atoms with Gasteiger partial charge in [-0.2, -0.15) is 0 Å². The van der Waals surface area contributed by atoms with Crippen LogP contribution in [0.4, 0.5) is 0 Å². The first-order valence-electron chi connectivity index (χ1n) is 7.00. The topological polar surface area (TPSA) is 41.6 Å². The van der Waals surface area contributed by atoms with Crippen LogP contribution in [0.2, 0.25) is 0 Å². The van der Waals surface area contributed by atoms with Crippen LogP contribution < -0.4 is 5.32 Å². The largest absolute Gasteiger partial charge is 0.468 e. The maximum Gasteiger partial charge on any atom is 0.327 e. The molecule has 106 valence electrons. The van der Waals surface area contributed by atoms with E-state index in [1.165, 1.54) is 20.0 Å². The summed E-state index contributed by atoms with van der Waals surface area (Å²) >= 11 is 0. The molecule has 3 atom stereocenters. The number of esters is 1. The van der Waals surface area contributed by atoms with Gasteiger partial charge in [0.05, 0.1) is 7.11 Å². The van der Waals surface area contributed by atoms with Gasteiger partial charge in [-0.3, -0.25) is 9.69 Å². The Labute approximate surface area is 111 Å². The first-order valence-corrected chi connectivity index (χ1v) is 7.00. The SMILES string of the molecule is CCNC(C)(CN1CC(C)CCC1C)C(=O)OC. The van der Waals surface area contributed by atoms with Crippen LogP contribution in [0.15, 0.2) is 0 Å². The maximum absolute atomic E-state index is 12.0. The van der Waals surface area contributed by atoms with Crippen LogP contribution in [-0.4, -0.2) is 49.2 Å². The summed E-state index contributed by atoms with van der Waals surface area (Å²) in [6.45, 7) is 11.0. The van der Waals surface area contributed by atoms with Crippen molar-refractivity contribution in [1.29, 1.82) is 0 Å². The van der Waals surface area contributed by atoms with Gasteiger partial charge in [-0.25, -0.2) is 0 Å². The van der Waals surface area contributed by atoms with Crippen molar-refractivity contribution in [2.24, 2.45) is 5.92 Å². The minimum Gasteiger partial charge on any atom is -0.468 e. The normalized spacial score (nSPS) is 28.7. The summed E-state index contributed by atoms with van der Waals surface area (Å²) in [5, 5.41) is 3.28. The zero-order chi connectivity index (χ0) is 13.8. The number of likely N-dealkylation sites (tertiary alicyclic amines) is 1. The van der Waals surface area contributed by atoms with Crippen LogP contribution in [0.5, 0.6) is 0 Å². The predicted molar refractivity (Wildman–Crippen MR) is 73.5 cm³/mol. The highest BCUT2D eigenvalue weighted by Gasteiger charge is 2.37. The molecule has 0 aliphatic carbocycles. The van der Waals surface area contributed by atoms with E-state index in [0.717, 1.165) is 19.6 Å². The number of methoxy groups -OCH3 is 1. The van der Waals surface area contributed by atoms with E-state index in [1.54, 1.807) is 0 Å². The van der Waals surface area contributed by atoms with Crippen LogP contribution in [0.1, 0.15) is 40.5 Å². The van der Waals surface area contributed by atoms with Crippen molar-refractivity contribution in [2.45, 2.75) is 52.1 Å². The summed E-state index contributed by atoms with van der Waals surface area (Å²) in [6, 6.07) is 0.545. The average molecular weight is 256 g/mol. The second-order valence-corrected chi connectivity index (χ2v) is 5.82. The molecule has 0 aromatic rings. The Bertz CT molecular complexity index is 283. The molecule has 0 amide bonds. The Morgan fingerprint density at radius 2 is 2.11 bits per heavy atom. The van der Waals surface area contributed by atoms with E-state index in [2.05, 4.69) is 24.1 Å². The Morgan fingerprint density at radius 1 is 1.44 bits per heavy atom. The van der Waals surface area contributed by atoms with Crippen molar-refractivity contribution in [3.8, 4) is 0 Å². The summed E-state index contributed by atoms with van der Waals surface area (Å²) < 4.78 is 4.94. The van der Waals surface area contributed by atoms with E-state index in [9.17, 15) is 4.79 Å². The number of rotatable bonds is 5. The van der Waals surface area contributed by atoms with Gasteiger partial charge < -0.3 is 10.1 Å². The van der Waals surface area contributed by atoms with Gasteiger partial charge in [-0.15, -0.1) is 0 Å². The monoisotopic (exact) mass is 256 g/mol. The number of nitrogens with zero attached hydrogens (tertiary/aromatic N) is 1. The quantitative estimate of drug-likeness (QED) is 0.759. The molecule has 1 aliphatic rings. The molecule has 18 heavy (non-hydrogen) atoms. The van der Waals surface area contributed by atoms with Crippen LogP contribution >= 0.6 is 0 Å². The van der Waals surface area contributed by atoms with Gasteiger partial charge in [0.15, 0.2) is 0 Å². The zero-order valence-electron chi connectivity index (χ0n) is 12.5. The fourth-order valence-electron chi connectivity index (χ4n) is 2.81. The van der Waals surface area contributed by atoms with Gasteiger partial charge in [0.2, 0.25) is 0 Å². The molecule has 1 fully saturated rings. The Hall–Kier alpha value is -0.610. The van der Waals surface area contributed by atoms with E-state index < -0.39 is 5.54 Å². The first kappa shape index (κ1) is 15.4. The molecule has 0 saturated carbocycles. The molecule has 1 aliphatic heterocycles. The van der Waals surface area contributed by atoms with Crippen LogP contribution in [-0.2, 0) is 9.53 Å². The molecule has 0 spiro atoms. The molecule has 0 aromatic heterocycles. The third kappa shape index (κ3) is 3.69. The molecular weight excluding hydrogens is 228 g/mol. The molecule has 0 aromatic carbocycles. The Kier molecular flexibility index (Phi) is 5.60. The van der Waals surface area contributed by atoms with Gasteiger partial charge in [0, 0.05) is 19.1 Å². The molecule has 3 unspecified atom stereocenters. The first-order chi connectivity index (χ1) is 8.42. The van der Waals surface area contributed by atoms with Gasteiger partial charge in [-0.05, 0) is 39.2 Å². The fourth-order valence-corrected chi connectivity index (χ4v) is 2.81. The predicted octanol–water partition coefficient (Wildman–Crippen LogP) is 1.65. The van der Waals surface area contributed by atoms with Crippen molar-refractivity contribution in [1.82, 2.24) is 10.2 Å². The number of carbonyl (C=O) groups is 1. The molecule has 1 rings (SSSR count).